The number of nitro groups is 1. The molecule has 0 saturated heterocycles. The summed E-state index contributed by atoms with van der Waals surface area (Å²) in [4.78, 5) is 11.8. The molecule has 2 rings (SSSR count). The van der Waals surface area contributed by atoms with Crippen LogP contribution < -0.4 is 0 Å². The third-order valence-electron chi connectivity index (χ3n) is 2.70. The van der Waals surface area contributed by atoms with Crippen LogP contribution in [-0.2, 0) is 0 Å². The molecule has 0 heterocycles. The van der Waals surface area contributed by atoms with Crippen LogP contribution in [0.5, 0.6) is 0 Å². The average Bonchev–Trinajstić information content (AvgIpc) is 2.41. The average molecular weight is 293 g/mol. The van der Waals surface area contributed by atoms with E-state index in [1.807, 2.05) is 0 Å². The zero-order valence-corrected chi connectivity index (χ0v) is 11.4. The van der Waals surface area contributed by atoms with Crippen molar-refractivity contribution in [2.45, 2.75) is 22.8 Å². The first-order chi connectivity index (χ1) is 9.47. The van der Waals surface area contributed by atoms with E-state index in [4.69, 9.17) is 0 Å². The third kappa shape index (κ3) is 3.34. The SMILES string of the molecule is C[C@@H](O)c1ccc(Sc2ccc(F)cc2)c([N+](=O)[O-])c1. The fraction of sp³-hybridized carbons (Fsp3) is 0.143. The first-order valence-corrected chi connectivity index (χ1v) is 6.69. The van der Waals surface area contributed by atoms with Crippen LogP contribution in [0, 0.1) is 15.9 Å². The topological polar surface area (TPSA) is 63.4 Å². The van der Waals surface area contributed by atoms with Gasteiger partial charge in [0.25, 0.3) is 5.69 Å². The van der Waals surface area contributed by atoms with Crippen molar-refractivity contribution in [3.05, 3.63) is 64.0 Å². The van der Waals surface area contributed by atoms with Crippen LogP contribution in [0.4, 0.5) is 10.1 Å². The first-order valence-electron chi connectivity index (χ1n) is 5.87. The van der Waals surface area contributed by atoms with Gasteiger partial charge >= 0.3 is 0 Å². The van der Waals surface area contributed by atoms with Crippen LogP contribution in [0.3, 0.4) is 0 Å². The Bertz CT molecular complexity index is 629. The Kier molecular flexibility index (Phi) is 4.36. The smallest absolute Gasteiger partial charge is 0.283 e. The molecule has 2 aromatic carbocycles. The second-order valence-electron chi connectivity index (χ2n) is 4.22. The number of nitro benzene ring substituents is 1. The van der Waals surface area contributed by atoms with Gasteiger partial charge in [-0.1, -0.05) is 17.8 Å². The lowest BCUT2D eigenvalue weighted by atomic mass is 10.1. The molecule has 0 bridgehead atoms. The lowest BCUT2D eigenvalue weighted by molar-refractivity contribution is -0.387. The molecule has 0 aromatic heterocycles. The fourth-order valence-electron chi connectivity index (χ4n) is 1.65. The molecule has 0 aliphatic rings. The van der Waals surface area contributed by atoms with Gasteiger partial charge in [0.15, 0.2) is 0 Å². The van der Waals surface area contributed by atoms with Crippen molar-refractivity contribution in [3.8, 4) is 0 Å². The van der Waals surface area contributed by atoms with Crippen molar-refractivity contribution in [1.29, 1.82) is 0 Å². The molecule has 1 atom stereocenters. The Morgan fingerprint density at radius 3 is 2.45 bits per heavy atom. The largest absolute Gasteiger partial charge is 0.389 e. The summed E-state index contributed by atoms with van der Waals surface area (Å²) < 4.78 is 12.8. The summed E-state index contributed by atoms with van der Waals surface area (Å²) in [7, 11) is 0. The van der Waals surface area contributed by atoms with E-state index < -0.39 is 11.0 Å². The van der Waals surface area contributed by atoms with Crippen LogP contribution in [0.25, 0.3) is 0 Å². The van der Waals surface area contributed by atoms with Crippen LogP contribution in [-0.4, -0.2) is 10.0 Å². The summed E-state index contributed by atoms with van der Waals surface area (Å²) in [5, 5.41) is 20.6. The molecular weight excluding hydrogens is 281 g/mol. The minimum absolute atomic E-state index is 0.0716. The molecule has 0 fully saturated rings. The van der Waals surface area contributed by atoms with E-state index in [1.54, 1.807) is 31.2 Å². The van der Waals surface area contributed by atoms with E-state index in [2.05, 4.69) is 0 Å². The van der Waals surface area contributed by atoms with Gasteiger partial charge in [0.1, 0.15) is 5.82 Å². The summed E-state index contributed by atoms with van der Waals surface area (Å²) >= 11 is 1.18. The number of benzene rings is 2. The van der Waals surface area contributed by atoms with Gasteiger partial charge in [-0.3, -0.25) is 10.1 Å². The molecular formula is C14H12FNO3S. The molecule has 0 aliphatic carbocycles. The summed E-state index contributed by atoms with van der Waals surface area (Å²) in [5.41, 5.74) is 0.415. The standard InChI is InChI=1S/C14H12FNO3S/c1-9(17)10-2-7-14(13(8-10)16(18)19)20-12-5-3-11(15)4-6-12/h2-9,17H,1H3/t9-/m1/s1. The highest BCUT2D eigenvalue weighted by atomic mass is 32.2. The van der Waals surface area contributed by atoms with E-state index in [9.17, 15) is 19.6 Å². The lowest BCUT2D eigenvalue weighted by Crippen LogP contribution is -1.96. The molecule has 0 saturated carbocycles. The van der Waals surface area contributed by atoms with Gasteiger partial charge in [-0.15, -0.1) is 0 Å². The molecule has 2 aromatic rings. The Hall–Kier alpha value is -1.92. The third-order valence-corrected chi connectivity index (χ3v) is 3.78. The number of rotatable bonds is 4. The van der Waals surface area contributed by atoms with E-state index in [0.717, 1.165) is 0 Å². The number of hydrogen-bond donors (Lipinski definition) is 1. The quantitative estimate of drug-likeness (QED) is 0.685. The van der Waals surface area contributed by atoms with Gasteiger partial charge in [-0.05, 0) is 42.8 Å². The summed E-state index contributed by atoms with van der Waals surface area (Å²) in [5.74, 6) is -0.353. The molecule has 0 aliphatic heterocycles. The maximum Gasteiger partial charge on any atom is 0.283 e. The highest BCUT2D eigenvalue weighted by Gasteiger charge is 2.17. The van der Waals surface area contributed by atoms with Crippen molar-refractivity contribution >= 4 is 17.4 Å². The number of nitrogens with zero attached hydrogens (tertiary/aromatic N) is 1. The lowest BCUT2D eigenvalue weighted by Gasteiger charge is -2.07. The Morgan fingerprint density at radius 1 is 1.25 bits per heavy atom. The second-order valence-corrected chi connectivity index (χ2v) is 5.33. The highest BCUT2D eigenvalue weighted by molar-refractivity contribution is 7.99. The van der Waals surface area contributed by atoms with Crippen molar-refractivity contribution in [2.24, 2.45) is 0 Å². The molecule has 4 nitrogen and oxygen atoms in total. The van der Waals surface area contributed by atoms with Gasteiger partial charge in [0.2, 0.25) is 0 Å². The number of halogens is 1. The monoisotopic (exact) mass is 293 g/mol. The van der Waals surface area contributed by atoms with Crippen LogP contribution in [0.2, 0.25) is 0 Å². The zero-order chi connectivity index (χ0) is 14.7. The summed E-state index contributed by atoms with van der Waals surface area (Å²) in [6.07, 6.45) is -0.765. The number of aliphatic hydroxyl groups is 1. The number of aliphatic hydroxyl groups excluding tert-OH is 1. The molecule has 0 amide bonds. The summed E-state index contributed by atoms with van der Waals surface area (Å²) in [6.45, 7) is 1.55. The predicted octanol–water partition coefficient (Wildman–Crippen LogP) is 3.94. The minimum Gasteiger partial charge on any atom is -0.389 e. The van der Waals surface area contributed by atoms with Gasteiger partial charge in [-0.2, -0.15) is 0 Å². The Morgan fingerprint density at radius 2 is 1.90 bits per heavy atom. The fourth-order valence-corrected chi connectivity index (χ4v) is 2.55. The van der Waals surface area contributed by atoms with E-state index >= 15 is 0 Å². The predicted molar refractivity (Wildman–Crippen MR) is 74.3 cm³/mol. The van der Waals surface area contributed by atoms with Crippen molar-refractivity contribution in [1.82, 2.24) is 0 Å². The van der Waals surface area contributed by atoms with E-state index in [-0.39, 0.29) is 11.5 Å². The Labute approximate surface area is 119 Å². The molecule has 0 radical (unpaired) electrons. The molecule has 20 heavy (non-hydrogen) atoms. The van der Waals surface area contributed by atoms with Crippen LogP contribution in [0.1, 0.15) is 18.6 Å². The van der Waals surface area contributed by atoms with Crippen molar-refractivity contribution in [3.63, 3.8) is 0 Å². The Balaban J connectivity index is 2.35. The second kappa shape index (κ2) is 6.02. The maximum absolute atomic E-state index is 12.8. The van der Waals surface area contributed by atoms with E-state index in [0.29, 0.717) is 15.4 Å². The van der Waals surface area contributed by atoms with Gasteiger partial charge < -0.3 is 5.11 Å². The highest BCUT2D eigenvalue weighted by Crippen LogP contribution is 2.36. The van der Waals surface area contributed by atoms with Crippen LogP contribution in [0.15, 0.2) is 52.3 Å². The zero-order valence-electron chi connectivity index (χ0n) is 10.6. The van der Waals surface area contributed by atoms with Crippen LogP contribution >= 0.6 is 11.8 Å². The van der Waals surface area contributed by atoms with Crippen molar-refractivity contribution < 1.29 is 14.4 Å². The minimum atomic E-state index is -0.765. The van der Waals surface area contributed by atoms with Gasteiger partial charge in [0.05, 0.1) is 15.9 Å². The van der Waals surface area contributed by atoms with Gasteiger partial charge in [0, 0.05) is 11.0 Å². The molecule has 0 spiro atoms. The molecule has 1 N–H and O–H groups in total. The molecule has 104 valence electrons. The van der Waals surface area contributed by atoms with E-state index in [1.165, 1.54) is 30.0 Å². The number of hydrogen-bond acceptors (Lipinski definition) is 4. The van der Waals surface area contributed by atoms with Gasteiger partial charge in [-0.25, -0.2) is 4.39 Å². The van der Waals surface area contributed by atoms with Crippen molar-refractivity contribution in [2.75, 3.05) is 0 Å². The molecule has 0 unspecified atom stereocenters. The maximum atomic E-state index is 12.8. The summed E-state index contributed by atoms with van der Waals surface area (Å²) in [6, 6.07) is 10.3. The first kappa shape index (κ1) is 14.5. The normalized spacial score (nSPS) is 12.2. The molecule has 6 heteroatoms.